The van der Waals surface area contributed by atoms with Crippen LogP contribution in [0.2, 0.25) is 0 Å². The zero-order valence-electron chi connectivity index (χ0n) is 15.6. The molecule has 0 unspecified atom stereocenters. The predicted octanol–water partition coefficient (Wildman–Crippen LogP) is 5.66. The zero-order chi connectivity index (χ0) is 20.2. The molecule has 0 atom stereocenters. The maximum absolute atomic E-state index is 12.8. The standard InChI is InChI=1S/C25H19NO3/c26-20-10-12-21(13-11-20)29-22-14-15-23(24(27)16-22)25(28)19-8-6-18(7-9-19)17-4-2-1-3-5-17/h1-16,27H,26H2. The normalized spacial score (nSPS) is 10.5. The number of anilines is 1. The number of hydrogen-bond acceptors (Lipinski definition) is 4. The van der Waals surface area contributed by atoms with Crippen LogP contribution in [0.4, 0.5) is 5.69 Å². The Morgan fingerprint density at radius 3 is 2.00 bits per heavy atom. The van der Waals surface area contributed by atoms with E-state index in [2.05, 4.69) is 0 Å². The van der Waals surface area contributed by atoms with Crippen LogP contribution in [0.25, 0.3) is 11.1 Å². The SMILES string of the molecule is Nc1ccc(Oc2ccc(C(=O)c3ccc(-c4ccccc4)cc3)c(O)c2)cc1. The van der Waals surface area contributed by atoms with E-state index in [1.807, 2.05) is 42.5 Å². The van der Waals surface area contributed by atoms with Crippen molar-refractivity contribution in [3.63, 3.8) is 0 Å². The lowest BCUT2D eigenvalue weighted by Crippen LogP contribution is -2.01. The lowest BCUT2D eigenvalue weighted by Gasteiger charge is -2.09. The number of carbonyl (C=O) groups is 1. The van der Waals surface area contributed by atoms with Gasteiger partial charge in [-0.3, -0.25) is 4.79 Å². The van der Waals surface area contributed by atoms with Gasteiger partial charge in [0.25, 0.3) is 0 Å². The van der Waals surface area contributed by atoms with Crippen LogP contribution in [0.1, 0.15) is 15.9 Å². The van der Waals surface area contributed by atoms with Crippen LogP contribution < -0.4 is 10.5 Å². The third kappa shape index (κ3) is 4.12. The molecule has 0 heterocycles. The highest BCUT2D eigenvalue weighted by molar-refractivity contribution is 6.10. The van der Waals surface area contributed by atoms with Crippen molar-refractivity contribution >= 4 is 11.5 Å². The van der Waals surface area contributed by atoms with Crippen LogP contribution >= 0.6 is 0 Å². The summed E-state index contributed by atoms with van der Waals surface area (Å²) in [4.78, 5) is 12.8. The van der Waals surface area contributed by atoms with E-state index >= 15 is 0 Å². The maximum atomic E-state index is 12.8. The summed E-state index contributed by atoms with van der Waals surface area (Å²) in [5, 5.41) is 10.4. The Kier molecular flexibility index (Phi) is 4.99. The molecule has 0 bridgehead atoms. The number of carbonyl (C=O) groups excluding carboxylic acids is 1. The van der Waals surface area contributed by atoms with Crippen molar-refractivity contribution in [2.24, 2.45) is 0 Å². The van der Waals surface area contributed by atoms with E-state index in [9.17, 15) is 9.90 Å². The van der Waals surface area contributed by atoms with E-state index in [1.165, 1.54) is 6.07 Å². The van der Waals surface area contributed by atoms with Crippen LogP contribution in [0.15, 0.2) is 97.1 Å². The zero-order valence-corrected chi connectivity index (χ0v) is 15.6. The molecule has 0 aliphatic heterocycles. The average Bonchev–Trinajstić information content (AvgIpc) is 2.76. The fourth-order valence-corrected chi connectivity index (χ4v) is 3.04. The largest absolute Gasteiger partial charge is 0.507 e. The van der Waals surface area contributed by atoms with Gasteiger partial charge in [-0.2, -0.15) is 0 Å². The highest BCUT2D eigenvalue weighted by Crippen LogP contribution is 2.30. The van der Waals surface area contributed by atoms with E-state index in [-0.39, 0.29) is 17.1 Å². The highest BCUT2D eigenvalue weighted by Gasteiger charge is 2.15. The smallest absolute Gasteiger partial charge is 0.196 e. The van der Waals surface area contributed by atoms with Gasteiger partial charge in [-0.25, -0.2) is 0 Å². The second-order valence-corrected chi connectivity index (χ2v) is 6.62. The number of aromatic hydroxyl groups is 1. The van der Waals surface area contributed by atoms with Crippen LogP contribution in [0, 0.1) is 0 Å². The molecule has 0 saturated heterocycles. The second-order valence-electron chi connectivity index (χ2n) is 6.62. The van der Waals surface area contributed by atoms with E-state index in [0.717, 1.165) is 11.1 Å². The molecule has 0 fully saturated rings. The van der Waals surface area contributed by atoms with Crippen molar-refractivity contribution in [3.8, 4) is 28.4 Å². The molecule has 0 saturated carbocycles. The van der Waals surface area contributed by atoms with E-state index < -0.39 is 0 Å². The van der Waals surface area contributed by atoms with Crippen molar-refractivity contribution in [1.29, 1.82) is 0 Å². The van der Waals surface area contributed by atoms with Crippen molar-refractivity contribution in [1.82, 2.24) is 0 Å². The molecule has 0 aliphatic rings. The Balaban J connectivity index is 1.53. The molecule has 3 N–H and O–H groups in total. The number of phenolic OH excluding ortho intramolecular Hbond substituents is 1. The molecule has 4 nitrogen and oxygen atoms in total. The highest BCUT2D eigenvalue weighted by atomic mass is 16.5. The molecule has 142 valence electrons. The molecule has 4 aromatic rings. The topological polar surface area (TPSA) is 72.5 Å². The summed E-state index contributed by atoms with van der Waals surface area (Å²) in [5.74, 6) is 0.647. The molecule has 0 spiro atoms. The number of benzene rings is 4. The minimum absolute atomic E-state index is 0.130. The first-order valence-corrected chi connectivity index (χ1v) is 9.17. The third-order valence-corrected chi connectivity index (χ3v) is 4.58. The van der Waals surface area contributed by atoms with Crippen LogP contribution in [0.3, 0.4) is 0 Å². The van der Waals surface area contributed by atoms with Gasteiger partial charge in [-0.15, -0.1) is 0 Å². The number of ketones is 1. The lowest BCUT2D eigenvalue weighted by molar-refractivity contribution is 0.103. The lowest BCUT2D eigenvalue weighted by atomic mass is 9.99. The Bertz CT molecular complexity index is 1140. The number of hydrogen-bond donors (Lipinski definition) is 2. The van der Waals surface area contributed by atoms with Gasteiger partial charge in [-0.1, -0.05) is 54.6 Å². The van der Waals surface area contributed by atoms with E-state index in [4.69, 9.17) is 10.5 Å². The molecule has 0 amide bonds. The van der Waals surface area contributed by atoms with Gasteiger partial charge in [0.1, 0.15) is 17.2 Å². The molecule has 4 heteroatoms. The van der Waals surface area contributed by atoms with Gasteiger partial charge >= 0.3 is 0 Å². The predicted molar refractivity (Wildman–Crippen MR) is 114 cm³/mol. The monoisotopic (exact) mass is 381 g/mol. The molecule has 4 rings (SSSR count). The van der Waals surface area contributed by atoms with Crippen molar-refractivity contribution in [2.75, 3.05) is 5.73 Å². The summed E-state index contributed by atoms with van der Waals surface area (Å²) in [6.45, 7) is 0. The van der Waals surface area contributed by atoms with Gasteiger partial charge in [0.2, 0.25) is 0 Å². The third-order valence-electron chi connectivity index (χ3n) is 4.58. The van der Waals surface area contributed by atoms with Gasteiger partial charge < -0.3 is 15.6 Å². The number of nitrogens with two attached hydrogens (primary N) is 1. The van der Waals surface area contributed by atoms with Crippen molar-refractivity contribution in [2.45, 2.75) is 0 Å². The summed E-state index contributed by atoms with van der Waals surface area (Å²) < 4.78 is 5.69. The molecule has 29 heavy (non-hydrogen) atoms. The Morgan fingerprint density at radius 1 is 0.724 bits per heavy atom. The number of rotatable bonds is 5. The molecule has 0 aliphatic carbocycles. The molecular formula is C25H19NO3. The van der Waals surface area contributed by atoms with Gasteiger partial charge in [0, 0.05) is 17.3 Å². The van der Waals surface area contributed by atoms with Crippen LogP contribution in [0.5, 0.6) is 17.2 Å². The maximum Gasteiger partial charge on any atom is 0.196 e. The first kappa shape index (κ1) is 18.3. The van der Waals surface area contributed by atoms with Crippen LogP contribution in [-0.2, 0) is 0 Å². The summed E-state index contributed by atoms with van der Waals surface area (Å²) in [7, 11) is 0. The van der Waals surface area contributed by atoms with Gasteiger partial charge in [-0.05, 0) is 47.5 Å². The minimum Gasteiger partial charge on any atom is -0.507 e. The Morgan fingerprint density at radius 2 is 1.34 bits per heavy atom. The molecule has 0 radical (unpaired) electrons. The first-order valence-electron chi connectivity index (χ1n) is 9.17. The second kappa shape index (κ2) is 7.90. The minimum atomic E-state index is -0.249. The van der Waals surface area contributed by atoms with Gasteiger partial charge in [0.15, 0.2) is 5.78 Å². The Labute approximate surface area is 168 Å². The van der Waals surface area contributed by atoms with Gasteiger partial charge in [0.05, 0.1) is 5.56 Å². The average molecular weight is 381 g/mol. The molecular weight excluding hydrogens is 362 g/mol. The summed E-state index contributed by atoms with van der Waals surface area (Å²) in [6.07, 6.45) is 0. The van der Waals surface area contributed by atoms with Crippen molar-refractivity contribution < 1.29 is 14.6 Å². The molecule has 4 aromatic carbocycles. The summed E-state index contributed by atoms with van der Waals surface area (Å²) >= 11 is 0. The fourth-order valence-electron chi connectivity index (χ4n) is 3.04. The summed E-state index contributed by atoms with van der Waals surface area (Å²) in [6, 6.07) is 28.9. The summed E-state index contributed by atoms with van der Waals surface area (Å²) in [5.41, 5.74) is 9.14. The number of nitrogen functional groups attached to an aromatic ring is 1. The first-order chi connectivity index (χ1) is 14.1. The van der Waals surface area contributed by atoms with E-state index in [0.29, 0.717) is 22.7 Å². The van der Waals surface area contributed by atoms with Crippen molar-refractivity contribution in [3.05, 3.63) is 108 Å². The van der Waals surface area contributed by atoms with Crippen LogP contribution in [-0.4, -0.2) is 10.9 Å². The Hall–Kier alpha value is -4.05. The fraction of sp³-hybridized carbons (Fsp3) is 0. The number of ether oxygens (including phenoxy) is 1. The number of phenols is 1. The van der Waals surface area contributed by atoms with E-state index in [1.54, 1.807) is 48.5 Å². The quantitative estimate of drug-likeness (QED) is 0.345. The molecule has 0 aromatic heterocycles.